The van der Waals surface area contributed by atoms with Gasteiger partial charge >= 0.3 is 0 Å². The second-order valence-electron chi connectivity index (χ2n) is 9.27. The lowest BCUT2D eigenvalue weighted by atomic mass is 9.85. The lowest BCUT2D eigenvalue weighted by molar-refractivity contribution is 0.0719. The van der Waals surface area contributed by atoms with Crippen LogP contribution in [0.2, 0.25) is 0 Å². The number of rotatable bonds is 6. The fraction of sp³-hybridized carbons (Fsp3) is 0.500. The molecule has 1 heterocycles. The molecule has 5 rings (SSSR count). The Morgan fingerprint density at radius 1 is 1.07 bits per heavy atom. The molecule has 4 heteroatoms. The third-order valence-corrected chi connectivity index (χ3v) is 7.05. The molecule has 0 unspecified atom stereocenters. The van der Waals surface area contributed by atoms with Crippen LogP contribution in [0.25, 0.3) is 0 Å². The number of carbonyl (C=O) groups excluding carboxylic acids is 1. The van der Waals surface area contributed by atoms with E-state index in [1.165, 1.54) is 42.4 Å². The van der Waals surface area contributed by atoms with Gasteiger partial charge in [-0.15, -0.1) is 0 Å². The van der Waals surface area contributed by atoms with Crippen LogP contribution in [0.5, 0.6) is 5.75 Å². The van der Waals surface area contributed by atoms with E-state index < -0.39 is 0 Å². The molecule has 2 fully saturated rings. The number of benzene rings is 2. The van der Waals surface area contributed by atoms with Crippen molar-refractivity contribution in [2.75, 3.05) is 20.2 Å². The van der Waals surface area contributed by atoms with Gasteiger partial charge < -0.3 is 15.0 Å². The first-order valence-electron chi connectivity index (χ1n) is 11.5. The van der Waals surface area contributed by atoms with Crippen LogP contribution in [-0.2, 0) is 12.8 Å². The summed E-state index contributed by atoms with van der Waals surface area (Å²) in [6, 6.07) is 15.4. The molecular weight excluding hydrogens is 372 g/mol. The van der Waals surface area contributed by atoms with E-state index in [2.05, 4.69) is 23.5 Å². The Labute approximate surface area is 179 Å². The predicted octanol–water partition coefficient (Wildman–Crippen LogP) is 4.53. The van der Waals surface area contributed by atoms with Crippen LogP contribution in [0, 0.1) is 5.92 Å². The van der Waals surface area contributed by atoms with Crippen LogP contribution in [0.3, 0.4) is 0 Å². The number of carbonyl (C=O) groups is 1. The van der Waals surface area contributed by atoms with E-state index in [1.54, 1.807) is 0 Å². The summed E-state index contributed by atoms with van der Waals surface area (Å²) in [5.41, 5.74) is 5.04. The van der Waals surface area contributed by atoms with Crippen LogP contribution in [-0.4, -0.2) is 37.0 Å². The smallest absolute Gasteiger partial charge is 0.253 e. The van der Waals surface area contributed by atoms with E-state index in [4.69, 9.17) is 4.74 Å². The standard InChI is InChI=1S/C26H32N2O2/c1-28(26(29)19-9-12-24(13-10-19)30-17-18-4-5-18)23-11-8-20-15-22(7-6-21(20)16-23)25-3-2-14-27-25/h6-7,9-10,12-13,15,18,23,25,27H,2-5,8,11,14,16-17H2,1H3/t23-,25+/m1/s1. The van der Waals surface area contributed by atoms with Gasteiger partial charge in [-0.3, -0.25) is 4.79 Å². The summed E-state index contributed by atoms with van der Waals surface area (Å²) in [4.78, 5) is 15.0. The summed E-state index contributed by atoms with van der Waals surface area (Å²) >= 11 is 0. The van der Waals surface area contributed by atoms with Gasteiger partial charge in [0, 0.05) is 24.7 Å². The molecule has 2 aliphatic carbocycles. The highest BCUT2D eigenvalue weighted by Crippen LogP contribution is 2.31. The molecule has 0 spiro atoms. The second-order valence-corrected chi connectivity index (χ2v) is 9.27. The molecule has 3 aliphatic rings. The number of nitrogens with zero attached hydrogens (tertiary/aromatic N) is 1. The number of hydrogen-bond acceptors (Lipinski definition) is 3. The number of fused-ring (bicyclic) bond motifs is 1. The van der Waals surface area contributed by atoms with E-state index >= 15 is 0 Å². The van der Waals surface area contributed by atoms with Crippen molar-refractivity contribution in [3.63, 3.8) is 0 Å². The Balaban J connectivity index is 1.22. The highest BCUT2D eigenvalue weighted by Gasteiger charge is 2.27. The number of nitrogens with one attached hydrogen (secondary N) is 1. The number of aryl methyl sites for hydroxylation is 1. The summed E-state index contributed by atoms with van der Waals surface area (Å²) in [5, 5.41) is 3.60. The van der Waals surface area contributed by atoms with Gasteiger partial charge in [-0.2, -0.15) is 0 Å². The topological polar surface area (TPSA) is 41.6 Å². The van der Waals surface area contributed by atoms with Gasteiger partial charge in [-0.05, 0) is 98.4 Å². The number of ether oxygens (including phenoxy) is 1. The summed E-state index contributed by atoms with van der Waals surface area (Å²) in [7, 11) is 1.95. The summed E-state index contributed by atoms with van der Waals surface area (Å²) < 4.78 is 5.80. The summed E-state index contributed by atoms with van der Waals surface area (Å²) in [6.45, 7) is 1.93. The van der Waals surface area contributed by atoms with E-state index in [0.29, 0.717) is 6.04 Å². The lowest BCUT2D eigenvalue weighted by Gasteiger charge is -2.33. The van der Waals surface area contributed by atoms with Gasteiger partial charge in [0.05, 0.1) is 6.61 Å². The zero-order valence-electron chi connectivity index (χ0n) is 17.9. The Morgan fingerprint density at radius 3 is 2.63 bits per heavy atom. The van der Waals surface area contributed by atoms with Gasteiger partial charge in [0.2, 0.25) is 0 Å². The average molecular weight is 405 g/mol. The van der Waals surface area contributed by atoms with Crippen molar-refractivity contribution < 1.29 is 9.53 Å². The molecule has 30 heavy (non-hydrogen) atoms. The van der Waals surface area contributed by atoms with Crippen LogP contribution in [0.15, 0.2) is 42.5 Å². The molecule has 2 aromatic carbocycles. The van der Waals surface area contributed by atoms with Gasteiger partial charge in [0.15, 0.2) is 0 Å². The van der Waals surface area contributed by atoms with E-state index in [1.807, 2.05) is 36.2 Å². The maximum atomic E-state index is 13.0. The van der Waals surface area contributed by atoms with Crippen molar-refractivity contribution in [2.24, 2.45) is 5.92 Å². The Hall–Kier alpha value is -2.33. The molecule has 1 saturated carbocycles. The molecular formula is C26H32N2O2. The fourth-order valence-electron chi connectivity index (χ4n) is 4.83. The van der Waals surface area contributed by atoms with Crippen LogP contribution in [0.4, 0.5) is 0 Å². The lowest BCUT2D eigenvalue weighted by Crippen LogP contribution is -2.40. The molecule has 0 radical (unpaired) electrons. The average Bonchev–Trinajstić information content (AvgIpc) is 3.46. The van der Waals surface area contributed by atoms with Crippen molar-refractivity contribution in [1.29, 1.82) is 0 Å². The molecule has 0 bridgehead atoms. The molecule has 2 atom stereocenters. The Bertz CT molecular complexity index is 898. The monoisotopic (exact) mass is 404 g/mol. The van der Waals surface area contributed by atoms with Crippen LogP contribution >= 0.6 is 0 Å². The Morgan fingerprint density at radius 2 is 1.90 bits per heavy atom. The number of likely N-dealkylation sites (N-methyl/N-ethyl adjacent to an activating group) is 1. The van der Waals surface area contributed by atoms with E-state index in [9.17, 15) is 4.79 Å². The molecule has 158 valence electrons. The fourth-order valence-corrected chi connectivity index (χ4v) is 4.83. The SMILES string of the molecule is CN(C(=O)c1ccc(OCC2CC2)cc1)[C@@H]1CCc2cc([C@@H]3CCCN3)ccc2C1. The van der Waals surface area contributed by atoms with Crippen molar-refractivity contribution >= 4 is 5.91 Å². The molecule has 1 amide bonds. The van der Waals surface area contributed by atoms with E-state index in [0.717, 1.165) is 49.6 Å². The van der Waals surface area contributed by atoms with Gasteiger partial charge in [0.25, 0.3) is 5.91 Å². The first-order valence-corrected chi connectivity index (χ1v) is 11.5. The molecule has 1 N–H and O–H groups in total. The van der Waals surface area contributed by atoms with Crippen molar-refractivity contribution in [2.45, 2.75) is 57.0 Å². The minimum Gasteiger partial charge on any atom is -0.493 e. The molecule has 4 nitrogen and oxygen atoms in total. The van der Waals surface area contributed by atoms with Crippen LogP contribution in [0.1, 0.15) is 65.2 Å². The summed E-state index contributed by atoms with van der Waals surface area (Å²) in [5.74, 6) is 1.70. The van der Waals surface area contributed by atoms with Gasteiger partial charge in [0.1, 0.15) is 5.75 Å². The first-order chi connectivity index (χ1) is 14.7. The molecule has 1 aliphatic heterocycles. The molecule has 2 aromatic rings. The normalized spacial score (nSPS) is 23.1. The minimum atomic E-state index is 0.101. The van der Waals surface area contributed by atoms with Crippen molar-refractivity contribution in [3.05, 3.63) is 64.7 Å². The third-order valence-electron chi connectivity index (χ3n) is 7.05. The summed E-state index contributed by atoms with van der Waals surface area (Å²) in [6.07, 6.45) is 8.09. The van der Waals surface area contributed by atoms with Gasteiger partial charge in [-0.1, -0.05) is 18.2 Å². The zero-order chi connectivity index (χ0) is 20.5. The zero-order valence-corrected chi connectivity index (χ0v) is 17.9. The van der Waals surface area contributed by atoms with E-state index in [-0.39, 0.29) is 11.9 Å². The number of amides is 1. The second kappa shape index (κ2) is 8.43. The first kappa shape index (κ1) is 19.6. The van der Waals surface area contributed by atoms with Crippen molar-refractivity contribution in [3.8, 4) is 5.75 Å². The highest BCUT2D eigenvalue weighted by molar-refractivity contribution is 5.94. The minimum absolute atomic E-state index is 0.101. The van der Waals surface area contributed by atoms with Gasteiger partial charge in [-0.25, -0.2) is 0 Å². The highest BCUT2D eigenvalue weighted by atomic mass is 16.5. The maximum Gasteiger partial charge on any atom is 0.253 e. The van der Waals surface area contributed by atoms with Crippen LogP contribution < -0.4 is 10.1 Å². The quantitative estimate of drug-likeness (QED) is 0.769. The molecule has 0 aromatic heterocycles. The maximum absolute atomic E-state index is 13.0. The number of hydrogen-bond donors (Lipinski definition) is 1. The van der Waals surface area contributed by atoms with Crippen molar-refractivity contribution in [1.82, 2.24) is 10.2 Å². The predicted molar refractivity (Wildman–Crippen MR) is 119 cm³/mol. The third kappa shape index (κ3) is 4.24. The largest absolute Gasteiger partial charge is 0.493 e. The molecule has 1 saturated heterocycles. The Kier molecular flexibility index (Phi) is 5.51.